The summed E-state index contributed by atoms with van der Waals surface area (Å²) in [5, 5.41) is 9.28. The molecule has 2 N–H and O–H groups in total. The van der Waals surface area contributed by atoms with E-state index in [4.69, 9.17) is 0 Å². The molecule has 1 saturated heterocycles. The van der Waals surface area contributed by atoms with Gasteiger partial charge in [-0.15, -0.1) is 0 Å². The number of para-hydroxylation sites is 1. The minimum atomic E-state index is -4.09. The van der Waals surface area contributed by atoms with Crippen molar-refractivity contribution >= 4 is 27.6 Å². The standard InChI is InChI=1S/C21H24N2O5S/c1-14-12-16(21(25)26)13-19(15(14)2)29(27,28)22-18-9-5-4-8-17(18)20(24)23-10-6-3-7-11-23/h4-5,8-9,12-13,22H,3,6-7,10-11H2,1-2H3,(H,25,26). The van der Waals surface area contributed by atoms with E-state index >= 15 is 0 Å². The van der Waals surface area contributed by atoms with Gasteiger partial charge in [0, 0.05) is 13.1 Å². The summed E-state index contributed by atoms with van der Waals surface area (Å²) in [6.45, 7) is 4.59. The van der Waals surface area contributed by atoms with Crippen molar-refractivity contribution in [2.75, 3.05) is 17.8 Å². The Hall–Kier alpha value is -2.87. The van der Waals surface area contributed by atoms with Crippen molar-refractivity contribution in [3.8, 4) is 0 Å². The van der Waals surface area contributed by atoms with Crippen LogP contribution in [0.3, 0.4) is 0 Å². The first-order valence-electron chi connectivity index (χ1n) is 9.46. The van der Waals surface area contributed by atoms with Gasteiger partial charge >= 0.3 is 5.97 Å². The zero-order valence-electron chi connectivity index (χ0n) is 16.4. The number of carboxylic acids is 1. The third-order valence-electron chi connectivity index (χ3n) is 5.20. The van der Waals surface area contributed by atoms with Crippen molar-refractivity contribution in [3.05, 3.63) is 58.7 Å². The Bertz CT molecular complexity index is 1060. The lowest BCUT2D eigenvalue weighted by Gasteiger charge is -2.27. The number of piperidine rings is 1. The molecule has 1 aliphatic heterocycles. The molecule has 0 spiro atoms. The number of hydrogen-bond donors (Lipinski definition) is 2. The van der Waals surface area contributed by atoms with E-state index in [0.717, 1.165) is 25.3 Å². The molecule has 0 bridgehead atoms. The van der Waals surface area contributed by atoms with Gasteiger partial charge in [-0.3, -0.25) is 9.52 Å². The topological polar surface area (TPSA) is 104 Å². The fraction of sp³-hybridized carbons (Fsp3) is 0.333. The molecule has 1 amide bonds. The molecule has 1 fully saturated rings. The average molecular weight is 416 g/mol. The highest BCUT2D eigenvalue weighted by Crippen LogP contribution is 2.26. The van der Waals surface area contributed by atoms with Gasteiger partial charge in [0.1, 0.15) is 0 Å². The summed E-state index contributed by atoms with van der Waals surface area (Å²) in [7, 11) is -4.09. The lowest BCUT2D eigenvalue weighted by atomic mass is 10.1. The van der Waals surface area contributed by atoms with Gasteiger partial charge in [-0.2, -0.15) is 0 Å². The summed E-state index contributed by atoms with van der Waals surface area (Å²) in [6.07, 6.45) is 2.94. The summed E-state index contributed by atoms with van der Waals surface area (Å²) < 4.78 is 28.6. The van der Waals surface area contributed by atoms with Crippen molar-refractivity contribution in [3.63, 3.8) is 0 Å². The molecule has 2 aromatic carbocycles. The monoisotopic (exact) mass is 416 g/mol. The Morgan fingerprint density at radius 1 is 1.03 bits per heavy atom. The maximum absolute atomic E-state index is 13.1. The number of carbonyl (C=O) groups excluding carboxylic acids is 1. The van der Waals surface area contributed by atoms with Crippen molar-refractivity contribution in [1.29, 1.82) is 0 Å². The molecule has 7 nitrogen and oxygen atoms in total. The number of carboxylic acid groups (broad SMARTS) is 1. The van der Waals surface area contributed by atoms with E-state index in [0.29, 0.717) is 24.2 Å². The molecule has 3 rings (SSSR count). The van der Waals surface area contributed by atoms with Crippen molar-refractivity contribution in [2.45, 2.75) is 38.0 Å². The van der Waals surface area contributed by atoms with Crippen LogP contribution in [0, 0.1) is 13.8 Å². The molecule has 8 heteroatoms. The predicted octanol–water partition coefficient (Wildman–Crippen LogP) is 3.43. The van der Waals surface area contributed by atoms with Crippen LogP contribution in [0.4, 0.5) is 5.69 Å². The second-order valence-corrected chi connectivity index (χ2v) is 8.88. The normalized spacial score (nSPS) is 14.5. The number of aromatic carboxylic acids is 1. The maximum Gasteiger partial charge on any atom is 0.335 e. The fourth-order valence-electron chi connectivity index (χ4n) is 3.46. The molecule has 0 unspecified atom stereocenters. The van der Waals surface area contributed by atoms with E-state index in [1.54, 1.807) is 36.9 Å². The minimum Gasteiger partial charge on any atom is -0.478 e. The van der Waals surface area contributed by atoms with Gasteiger partial charge in [0.05, 0.1) is 21.7 Å². The van der Waals surface area contributed by atoms with E-state index in [-0.39, 0.29) is 27.6 Å². The molecule has 0 aromatic heterocycles. The number of nitrogens with zero attached hydrogens (tertiary/aromatic N) is 1. The van der Waals surface area contributed by atoms with E-state index in [2.05, 4.69) is 4.72 Å². The molecule has 0 saturated carbocycles. The average Bonchev–Trinajstić information content (AvgIpc) is 2.70. The number of likely N-dealkylation sites (tertiary alicyclic amines) is 1. The summed E-state index contributed by atoms with van der Waals surface area (Å²) in [5.41, 5.74) is 1.37. The first-order chi connectivity index (χ1) is 13.7. The highest BCUT2D eigenvalue weighted by Gasteiger charge is 2.25. The number of rotatable bonds is 5. The smallest absolute Gasteiger partial charge is 0.335 e. The van der Waals surface area contributed by atoms with Gasteiger partial charge < -0.3 is 10.0 Å². The Labute approximate surface area is 170 Å². The van der Waals surface area contributed by atoms with Gasteiger partial charge in [-0.05, 0) is 68.5 Å². The number of sulfonamides is 1. The zero-order chi connectivity index (χ0) is 21.2. The minimum absolute atomic E-state index is 0.105. The summed E-state index contributed by atoms with van der Waals surface area (Å²) in [4.78, 5) is 25.9. The lowest BCUT2D eigenvalue weighted by molar-refractivity contribution is 0.0694. The Morgan fingerprint density at radius 3 is 2.34 bits per heavy atom. The molecule has 29 heavy (non-hydrogen) atoms. The van der Waals surface area contributed by atoms with E-state index in [9.17, 15) is 23.1 Å². The lowest BCUT2D eigenvalue weighted by Crippen LogP contribution is -2.36. The zero-order valence-corrected chi connectivity index (χ0v) is 17.3. The fourth-order valence-corrected chi connectivity index (χ4v) is 4.88. The summed E-state index contributed by atoms with van der Waals surface area (Å²) in [5.74, 6) is -1.42. The number of anilines is 1. The second kappa shape index (κ2) is 8.24. The van der Waals surface area contributed by atoms with E-state index < -0.39 is 16.0 Å². The number of amides is 1. The highest BCUT2D eigenvalue weighted by molar-refractivity contribution is 7.92. The Kier molecular flexibility index (Phi) is 5.93. The van der Waals surface area contributed by atoms with Crippen LogP contribution < -0.4 is 4.72 Å². The quantitative estimate of drug-likeness (QED) is 0.777. The number of benzene rings is 2. The molecule has 0 aliphatic carbocycles. The number of nitrogens with one attached hydrogen (secondary N) is 1. The van der Waals surface area contributed by atoms with Crippen LogP contribution in [0.2, 0.25) is 0 Å². The molecule has 0 atom stereocenters. The summed E-state index contributed by atoms with van der Waals surface area (Å²) >= 11 is 0. The molecule has 1 heterocycles. The molecular formula is C21H24N2O5S. The van der Waals surface area contributed by atoms with Crippen molar-refractivity contribution in [1.82, 2.24) is 4.90 Å². The van der Waals surface area contributed by atoms with Crippen LogP contribution in [-0.4, -0.2) is 43.4 Å². The van der Waals surface area contributed by atoms with Crippen LogP contribution in [0.1, 0.15) is 51.1 Å². The Balaban J connectivity index is 1.98. The molecule has 2 aromatic rings. The first-order valence-corrected chi connectivity index (χ1v) is 10.9. The molecule has 1 aliphatic rings. The maximum atomic E-state index is 13.1. The van der Waals surface area contributed by atoms with E-state index in [1.807, 2.05) is 0 Å². The highest BCUT2D eigenvalue weighted by atomic mass is 32.2. The first kappa shape index (κ1) is 20.9. The largest absolute Gasteiger partial charge is 0.478 e. The van der Waals surface area contributed by atoms with Crippen LogP contribution >= 0.6 is 0 Å². The third kappa shape index (κ3) is 4.42. The number of carbonyl (C=O) groups is 2. The van der Waals surface area contributed by atoms with Gasteiger partial charge in [-0.1, -0.05) is 12.1 Å². The van der Waals surface area contributed by atoms with E-state index in [1.165, 1.54) is 12.1 Å². The Morgan fingerprint density at radius 2 is 1.69 bits per heavy atom. The van der Waals surface area contributed by atoms with Crippen LogP contribution in [0.15, 0.2) is 41.3 Å². The van der Waals surface area contributed by atoms with Gasteiger partial charge in [-0.25, -0.2) is 13.2 Å². The van der Waals surface area contributed by atoms with Crippen molar-refractivity contribution < 1.29 is 23.1 Å². The van der Waals surface area contributed by atoms with Gasteiger partial charge in [0.2, 0.25) is 0 Å². The van der Waals surface area contributed by atoms with Crippen LogP contribution in [-0.2, 0) is 10.0 Å². The third-order valence-corrected chi connectivity index (χ3v) is 6.69. The van der Waals surface area contributed by atoms with Gasteiger partial charge in [0.15, 0.2) is 0 Å². The van der Waals surface area contributed by atoms with Crippen LogP contribution in [0.5, 0.6) is 0 Å². The SMILES string of the molecule is Cc1cc(C(=O)O)cc(S(=O)(=O)Nc2ccccc2C(=O)N2CCCCC2)c1C. The molecule has 0 radical (unpaired) electrons. The van der Waals surface area contributed by atoms with Crippen molar-refractivity contribution in [2.24, 2.45) is 0 Å². The predicted molar refractivity (Wildman–Crippen MR) is 110 cm³/mol. The van der Waals surface area contributed by atoms with Crippen LogP contribution in [0.25, 0.3) is 0 Å². The summed E-state index contributed by atoms with van der Waals surface area (Å²) in [6, 6.07) is 9.05. The number of aryl methyl sites for hydroxylation is 1. The van der Waals surface area contributed by atoms with Gasteiger partial charge in [0.25, 0.3) is 15.9 Å². The second-order valence-electron chi connectivity index (χ2n) is 7.23. The molecule has 154 valence electrons. The number of hydrogen-bond acceptors (Lipinski definition) is 4. The molecular weight excluding hydrogens is 392 g/mol.